The van der Waals surface area contributed by atoms with Crippen LogP contribution in [-0.4, -0.2) is 100 Å². The van der Waals surface area contributed by atoms with Gasteiger partial charge in [0.25, 0.3) is 0 Å². The molecule has 0 aliphatic rings. The van der Waals surface area contributed by atoms with Gasteiger partial charge in [0.2, 0.25) is 0 Å². The van der Waals surface area contributed by atoms with E-state index in [9.17, 15) is 9.59 Å². The van der Waals surface area contributed by atoms with Gasteiger partial charge in [-0.3, -0.25) is 0 Å². The Morgan fingerprint density at radius 3 is 0.762 bits per heavy atom. The molecule has 0 unspecified atom stereocenters. The zero-order valence-electron chi connectivity index (χ0n) is 14.6. The molecule has 130 valence electrons. The Bertz CT molecular complexity index is 219. The van der Waals surface area contributed by atoms with E-state index in [2.05, 4.69) is 0 Å². The van der Waals surface area contributed by atoms with E-state index in [1.165, 1.54) is 0 Å². The van der Waals surface area contributed by atoms with Gasteiger partial charge in [-0.1, -0.05) is 0 Å². The number of carboxylic acids is 2. The highest BCUT2D eigenvalue weighted by atomic mass is 35.5. The van der Waals surface area contributed by atoms with E-state index >= 15 is 0 Å². The van der Waals surface area contributed by atoms with Crippen LogP contribution in [0.5, 0.6) is 0 Å². The summed E-state index contributed by atoms with van der Waals surface area (Å²) >= 11 is 0. The third-order valence-electron chi connectivity index (χ3n) is 0.368. The summed E-state index contributed by atoms with van der Waals surface area (Å²) < 4.78 is 0. The maximum absolute atomic E-state index is 9.55. The van der Waals surface area contributed by atoms with Crippen molar-refractivity contribution in [2.45, 2.75) is 0 Å². The molecule has 0 aromatic heterocycles. The SMILES string of the molecule is CN(C)C.CN(C)C.CN(C)C.Cl.O=C(O)/C=C\C(=O)O. The number of hydrogen-bond donors (Lipinski definition) is 2. The molecule has 0 saturated heterocycles. The fourth-order valence-corrected chi connectivity index (χ4v) is 0.143. The van der Waals surface area contributed by atoms with Crippen LogP contribution < -0.4 is 0 Å². The van der Waals surface area contributed by atoms with Gasteiger partial charge in [0.1, 0.15) is 0 Å². The number of hydrogen-bond acceptors (Lipinski definition) is 5. The highest BCUT2D eigenvalue weighted by Crippen LogP contribution is 1.70. The maximum atomic E-state index is 9.55. The molecule has 0 rings (SSSR count). The molecule has 0 bridgehead atoms. The smallest absolute Gasteiger partial charge is 0.328 e. The lowest BCUT2D eigenvalue weighted by molar-refractivity contribution is -0.134. The zero-order chi connectivity index (χ0) is 17.3. The van der Waals surface area contributed by atoms with Gasteiger partial charge in [-0.15, -0.1) is 12.4 Å². The van der Waals surface area contributed by atoms with E-state index in [1.807, 2.05) is 78.1 Å². The first-order chi connectivity index (χ1) is 8.82. The van der Waals surface area contributed by atoms with E-state index < -0.39 is 11.9 Å². The molecular weight excluding hydrogens is 298 g/mol. The van der Waals surface area contributed by atoms with Crippen LogP contribution in [-0.2, 0) is 9.59 Å². The summed E-state index contributed by atoms with van der Waals surface area (Å²) in [7, 11) is 18.0. The van der Waals surface area contributed by atoms with Crippen molar-refractivity contribution in [2.24, 2.45) is 0 Å². The second kappa shape index (κ2) is 23.9. The lowest BCUT2D eigenvalue weighted by atomic mass is 10.5. The second-order valence-electron chi connectivity index (χ2n) is 5.03. The van der Waals surface area contributed by atoms with E-state index in [-0.39, 0.29) is 12.4 Å². The molecule has 0 aliphatic carbocycles. The van der Waals surface area contributed by atoms with E-state index in [1.54, 1.807) is 0 Å². The average molecular weight is 330 g/mol. The van der Waals surface area contributed by atoms with Gasteiger partial charge in [-0.25, -0.2) is 9.59 Å². The van der Waals surface area contributed by atoms with Gasteiger partial charge >= 0.3 is 11.9 Å². The Balaban J connectivity index is -0.0000000570. The molecule has 2 N–H and O–H groups in total. The van der Waals surface area contributed by atoms with Crippen molar-refractivity contribution in [1.29, 1.82) is 0 Å². The molecule has 0 aliphatic heterocycles. The second-order valence-corrected chi connectivity index (χ2v) is 5.03. The van der Waals surface area contributed by atoms with E-state index in [4.69, 9.17) is 10.2 Å². The van der Waals surface area contributed by atoms with E-state index in [0.717, 1.165) is 0 Å². The molecule has 0 spiro atoms. The standard InChI is InChI=1S/C4H4O4.3C3H9N.ClH/c5-3(6)1-2-4(7)8;3*1-4(2)3;/h1-2H,(H,5,6)(H,7,8);3*1-3H3;1H/b2-1-;;;;. The molecule has 0 saturated carbocycles. The molecule has 0 aromatic rings. The fourth-order valence-electron chi connectivity index (χ4n) is 0.143. The molecule has 0 fully saturated rings. The Labute approximate surface area is 135 Å². The summed E-state index contributed by atoms with van der Waals surface area (Å²) in [4.78, 5) is 25.1. The average Bonchev–Trinajstić information content (AvgIpc) is 2.11. The van der Waals surface area contributed by atoms with Crippen molar-refractivity contribution in [1.82, 2.24) is 14.7 Å². The molecule has 0 atom stereocenters. The van der Waals surface area contributed by atoms with Gasteiger partial charge in [0, 0.05) is 12.2 Å². The Morgan fingerprint density at radius 2 is 0.714 bits per heavy atom. The third-order valence-corrected chi connectivity index (χ3v) is 0.368. The number of carboxylic acid groups (broad SMARTS) is 2. The van der Waals surface area contributed by atoms with Crippen LogP contribution in [0.2, 0.25) is 0 Å². The van der Waals surface area contributed by atoms with Crippen LogP contribution in [0.1, 0.15) is 0 Å². The van der Waals surface area contributed by atoms with Crippen LogP contribution in [0.4, 0.5) is 0 Å². The first-order valence-electron chi connectivity index (χ1n) is 5.79. The van der Waals surface area contributed by atoms with Crippen LogP contribution in [0, 0.1) is 0 Å². The van der Waals surface area contributed by atoms with Crippen molar-refractivity contribution >= 4 is 24.3 Å². The first-order valence-corrected chi connectivity index (χ1v) is 5.79. The van der Waals surface area contributed by atoms with Crippen LogP contribution in [0.15, 0.2) is 12.2 Å². The lowest BCUT2D eigenvalue weighted by Crippen LogP contribution is -1.99. The molecule has 21 heavy (non-hydrogen) atoms. The molecule has 0 heterocycles. The highest BCUT2D eigenvalue weighted by Gasteiger charge is 1.88. The van der Waals surface area contributed by atoms with Crippen LogP contribution in [0.3, 0.4) is 0 Å². The summed E-state index contributed by atoms with van der Waals surface area (Å²) in [6.45, 7) is 0. The highest BCUT2D eigenvalue weighted by molar-refractivity contribution is 5.89. The normalized spacial score (nSPS) is 8.76. The maximum Gasteiger partial charge on any atom is 0.328 e. The van der Waals surface area contributed by atoms with Gasteiger partial charge < -0.3 is 24.9 Å². The van der Waals surface area contributed by atoms with E-state index in [0.29, 0.717) is 12.2 Å². The first kappa shape index (κ1) is 32.0. The van der Waals surface area contributed by atoms with Gasteiger partial charge in [-0.05, 0) is 63.4 Å². The summed E-state index contributed by atoms with van der Waals surface area (Å²) in [5.41, 5.74) is 0. The number of nitrogens with zero attached hydrogens (tertiary/aromatic N) is 3. The summed E-state index contributed by atoms with van der Waals surface area (Å²) in [5, 5.41) is 15.6. The summed E-state index contributed by atoms with van der Waals surface area (Å²) in [5.74, 6) is -2.51. The zero-order valence-corrected chi connectivity index (χ0v) is 15.4. The van der Waals surface area contributed by atoms with Crippen molar-refractivity contribution < 1.29 is 19.8 Å². The number of rotatable bonds is 2. The minimum atomic E-state index is -1.26. The fraction of sp³-hybridized carbons (Fsp3) is 0.692. The van der Waals surface area contributed by atoms with Gasteiger partial charge in [0.05, 0.1) is 0 Å². The molecular formula is C13H32ClN3O4. The quantitative estimate of drug-likeness (QED) is 0.720. The predicted octanol–water partition coefficient (Wildman–Crippen LogP) is 0.667. The Hall–Kier alpha value is -1.15. The molecule has 0 aromatic carbocycles. The third kappa shape index (κ3) is 361. The molecule has 0 amide bonds. The van der Waals surface area contributed by atoms with Crippen molar-refractivity contribution in [3.8, 4) is 0 Å². The summed E-state index contributed by atoms with van der Waals surface area (Å²) in [6, 6.07) is 0. The monoisotopic (exact) mass is 329 g/mol. The summed E-state index contributed by atoms with van der Waals surface area (Å²) in [6.07, 6.45) is 1.12. The van der Waals surface area contributed by atoms with Crippen molar-refractivity contribution in [2.75, 3.05) is 63.4 Å². The van der Waals surface area contributed by atoms with Gasteiger partial charge in [0.15, 0.2) is 0 Å². The van der Waals surface area contributed by atoms with Gasteiger partial charge in [-0.2, -0.15) is 0 Å². The number of halogens is 1. The van der Waals surface area contributed by atoms with Crippen molar-refractivity contribution in [3.05, 3.63) is 12.2 Å². The van der Waals surface area contributed by atoms with Crippen LogP contribution in [0.25, 0.3) is 0 Å². The number of aliphatic carboxylic acids is 2. The minimum Gasteiger partial charge on any atom is -0.478 e. The predicted molar refractivity (Wildman–Crippen MR) is 90.5 cm³/mol. The van der Waals surface area contributed by atoms with Crippen LogP contribution >= 0.6 is 12.4 Å². The number of carbonyl (C=O) groups is 2. The molecule has 8 heteroatoms. The van der Waals surface area contributed by atoms with Crippen molar-refractivity contribution in [3.63, 3.8) is 0 Å². The minimum absolute atomic E-state index is 0. The Kier molecular flexibility index (Phi) is 36.4. The molecule has 7 nitrogen and oxygen atoms in total. The topological polar surface area (TPSA) is 84.3 Å². The molecule has 0 radical (unpaired) electrons. The largest absolute Gasteiger partial charge is 0.478 e. The Morgan fingerprint density at radius 1 is 0.619 bits per heavy atom. The lowest BCUT2D eigenvalue weighted by Gasteiger charge is -1.90.